The van der Waals surface area contributed by atoms with Crippen molar-refractivity contribution in [2.75, 3.05) is 6.61 Å². The van der Waals surface area contributed by atoms with Gasteiger partial charge in [-0.1, -0.05) is 84.9 Å². The molecule has 0 aliphatic heterocycles. The van der Waals surface area contributed by atoms with Gasteiger partial charge in [-0.3, -0.25) is 0 Å². The smallest absolute Gasteiger partial charge is 0.110 e. The summed E-state index contributed by atoms with van der Waals surface area (Å²) in [5, 5.41) is 5.18. The molecule has 25 heavy (non-hydrogen) atoms. The van der Waals surface area contributed by atoms with Crippen LogP contribution in [0.2, 0.25) is 5.04 Å². The SMILES string of the molecule is CC(C)(COCc1cc(Br)cs1)[SiH](c1ccccc1)c1ccccc1. The van der Waals surface area contributed by atoms with Crippen molar-refractivity contribution in [1.29, 1.82) is 0 Å². The van der Waals surface area contributed by atoms with Gasteiger partial charge in [0.25, 0.3) is 0 Å². The lowest BCUT2D eigenvalue weighted by Crippen LogP contribution is -2.51. The molecule has 0 saturated heterocycles. The van der Waals surface area contributed by atoms with Crippen LogP contribution in [0.25, 0.3) is 0 Å². The zero-order chi connectivity index (χ0) is 17.7. The molecule has 4 heteroatoms. The van der Waals surface area contributed by atoms with Crippen molar-refractivity contribution in [2.24, 2.45) is 0 Å². The molecule has 1 aromatic heterocycles. The van der Waals surface area contributed by atoms with Crippen LogP contribution in [0.4, 0.5) is 0 Å². The van der Waals surface area contributed by atoms with Gasteiger partial charge in [-0.25, -0.2) is 0 Å². The van der Waals surface area contributed by atoms with E-state index in [0.717, 1.165) is 11.1 Å². The summed E-state index contributed by atoms with van der Waals surface area (Å²) in [5.41, 5.74) is 0. The lowest BCUT2D eigenvalue weighted by molar-refractivity contribution is 0.103. The van der Waals surface area contributed by atoms with Crippen LogP contribution in [0.3, 0.4) is 0 Å². The van der Waals surface area contributed by atoms with Gasteiger partial charge in [0.2, 0.25) is 0 Å². The average molecular weight is 431 g/mol. The Hall–Kier alpha value is -1.20. The van der Waals surface area contributed by atoms with E-state index < -0.39 is 8.80 Å². The number of ether oxygens (including phenoxy) is 1. The summed E-state index contributed by atoms with van der Waals surface area (Å²) in [6, 6.07) is 24.1. The van der Waals surface area contributed by atoms with E-state index in [-0.39, 0.29) is 5.04 Å². The van der Waals surface area contributed by atoms with Gasteiger partial charge in [0.1, 0.15) is 8.80 Å². The topological polar surface area (TPSA) is 9.23 Å². The molecule has 3 rings (SSSR count). The fourth-order valence-electron chi connectivity index (χ4n) is 3.31. The Morgan fingerprint density at radius 3 is 2.00 bits per heavy atom. The first-order valence-corrected chi connectivity index (χ1v) is 11.9. The molecule has 2 aromatic carbocycles. The van der Waals surface area contributed by atoms with Crippen molar-refractivity contribution in [3.63, 3.8) is 0 Å². The number of thiophene rings is 1. The maximum Gasteiger partial charge on any atom is 0.110 e. The summed E-state index contributed by atoms with van der Waals surface area (Å²) in [5.74, 6) is 0. The minimum absolute atomic E-state index is 0.122. The second-order valence-electron chi connectivity index (χ2n) is 6.97. The molecule has 0 spiro atoms. The molecule has 0 amide bonds. The maximum absolute atomic E-state index is 6.15. The van der Waals surface area contributed by atoms with Crippen LogP contribution in [-0.4, -0.2) is 15.4 Å². The Labute approximate surface area is 164 Å². The fraction of sp³-hybridized carbons (Fsp3) is 0.238. The van der Waals surface area contributed by atoms with Crippen LogP contribution in [0, 0.1) is 0 Å². The second kappa shape index (κ2) is 8.45. The second-order valence-corrected chi connectivity index (χ2v) is 12.6. The predicted molar refractivity (Wildman–Crippen MR) is 115 cm³/mol. The van der Waals surface area contributed by atoms with Gasteiger partial charge in [-0.2, -0.15) is 0 Å². The first-order valence-electron chi connectivity index (χ1n) is 8.47. The standard InChI is InChI=1S/C21H23BrOSSi/c1-21(2,16-23-14-18-13-17(22)15-24-18)25(19-9-5-3-6-10-19)20-11-7-4-8-12-20/h3-13,15,25H,14,16H2,1-2H3. The van der Waals surface area contributed by atoms with Crippen molar-refractivity contribution in [2.45, 2.75) is 25.5 Å². The van der Waals surface area contributed by atoms with Gasteiger partial charge >= 0.3 is 0 Å². The van der Waals surface area contributed by atoms with Gasteiger partial charge in [0.05, 0.1) is 13.2 Å². The fourth-order valence-corrected chi connectivity index (χ4v) is 8.39. The number of benzene rings is 2. The van der Waals surface area contributed by atoms with E-state index in [4.69, 9.17) is 4.74 Å². The summed E-state index contributed by atoms with van der Waals surface area (Å²) in [4.78, 5) is 1.26. The van der Waals surface area contributed by atoms with E-state index in [1.165, 1.54) is 15.3 Å². The summed E-state index contributed by atoms with van der Waals surface area (Å²) in [6.07, 6.45) is 0. The van der Waals surface area contributed by atoms with E-state index >= 15 is 0 Å². The highest BCUT2D eigenvalue weighted by Crippen LogP contribution is 2.30. The zero-order valence-corrected chi connectivity index (χ0v) is 18.2. The predicted octanol–water partition coefficient (Wildman–Crippen LogP) is 4.85. The summed E-state index contributed by atoms with van der Waals surface area (Å²) >= 11 is 5.25. The normalized spacial score (nSPS) is 11.8. The van der Waals surface area contributed by atoms with Crippen molar-refractivity contribution in [3.05, 3.63) is 81.5 Å². The summed E-state index contributed by atoms with van der Waals surface area (Å²) in [6.45, 7) is 6.16. The highest BCUT2D eigenvalue weighted by atomic mass is 79.9. The van der Waals surface area contributed by atoms with E-state index in [1.807, 2.05) is 0 Å². The molecule has 0 saturated carbocycles. The molecule has 3 aromatic rings. The van der Waals surface area contributed by atoms with Crippen LogP contribution in [0.15, 0.2) is 76.6 Å². The van der Waals surface area contributed by atoms with Gasteiger partial charge < -0.3 is 4.74 Å². The molecule has 0 unspecified atom stereocenters. The summed E-state index contributed by atoms with van der Waals surface area (Å²) < 4.78 is 7.28. The molecule has 0 bridgehead atoms. The monoisotopic (exact) mass is 430 g/mol. The van der Waals surface area contributed by atoms with Crippen LogP contribution >= 0.6 is 27.3 Å². The van der Waals surface area contributed by atoms with Gasteiger partial charge in [0.15, 0.2) is 0 Å². The number of hydrogen-bond acceptors (Lipinski definition) is 2. The van der Waals surface area contributed by atoms with Gasteiger partial charge in [-0.15, -0.1) is 11.3 Å². The zero-order valence-electron chi connectivity index (χ0n) is 14.6. The van der Waals surface area contributed by atoms with Crippen molar-refractivity contribution in [3.8, 4) is 0 Å². The van der Waals surface area contributed by atoms with Gasteiger partial charge in [0, 0.05) is 14.7 Å². The third-order valence-corrected chi connectivity index (χ3v) is 9.89. The molecule has 0 atom stereocenters. The largest absolute Gasteiger partial charge is 0.376 e. The van der Waals surface area contributed by atoms with Crippen molar-refractivity contribution in [1.82, 2.24) is 0 Å². The quantitative estimate of drug-likeness (QED) is 0.486. The maximum atomic E-state index is 6.15. The third-order valence-electron chi connectivity index (χ3n) is 4.39. The Morgan fingerprint density at radius 2 is 1.52 bits per heavy atom. The minimum atomic E-state index is -1.41. The Kier molecular flexibility index (Phi) is 6.28. The van der Waals surface area contributed by atoms with E-state index in [9.17, 15) is 0 Å². The van der Waals surface area contributed by atoms with Crippen LogP contribution in [-0.2, 0) is 11.3 Å². The lowest BCUT2D eigenvalue weighted by Gasteiger charge is -2.34. The molecular formula is C21H23BrOSSi. The molecule has 0 aliphatic carbocycles. The minimum Gasteiger partial charge on any atom is -0.376 e. The highest BCUT2D eigenvalue weighted by Gasteiger charge is 2.34. The molecule has 0 aliphatic rings. The van der Waals surface area contributed by atoms with Crippen molar-refractivity contribution < 1.29 is 4.74 Å². The van der Waals surface area contributed by atoms with Crippen LogP contribution in [0.5, 0.6) is 0 Å². The lowest BCUT2D eigenvalue weighted by atomic mass is 10.2. The molecule has 1 heterocycles. The van der Waals surface area contributed by atoms with Crippen LogP contribution < -0.4 is 10.4 Å². The molecule has 0 N–H and O–H groups in total. The average Bonchev–Trinajstić information content (AvgIpc) is 3.02. The number of rotatable bonds is 7. The number of halogens is 1. The Bertz CT molecular complexity index is 746. The molecule has 0 radical (unpaired) electrons. The molecule has 1 nitrogen and oxygen atoms in total. The van der Waals surface area contributed by atoms with Crippen LogP contribution in [0.1, 0.15) is 18.7 Å². The Balaban J connectivity index is 1.79. The van der Waals surface area contributed by atoms with Crippen molar-refractivity contribution >= 4 is 46.4 Å². The van der Waals surface area contributed by atoms with Gasteiger partial charge in [-0.05, 0) is 27.0 Å². The third kappa shape index (κ3) is 4.91. The number of hydrogen-bond donors (Lipinski definition) is 0. The van der Waals surface area contributed by atoms with E-state index in [2.05, 4.69) is 102 Å². The summed E-state index contributed by atoms with van der Waals surface area (Å²) in [7, 11) is -1.41. The highest BCUT2D eigenvalue weighted by molar-refractivity contribution is 9.10. The molecule has 130 valence electrons. The molecule has 0 fully saturated rings. The molecular weight excluding hydrogens is 408 g/mol. The van der Waals surface area contributed by atoms with E-state index in [1.54, 1.807) is 11.3 Å². The van der Waals surface area contributed by atoms with E-state index in [0.29, 0.717) is 6.61 Å². The first kappa shape index (κ1) is 18.6. The first-order chi connectivity index (χ1) is 12.1. The Morgan fingerprint density at radius 1 is 0.960 bits per heavy atom.